The van der Waals surface area contributed by atoms with Crippen molar-refractivity contribution >= 4 is 22.4 Å². The molecule has 0 aromatic carbocycles. The van der Waals surface area contributed by atoms with Crippen molar-refractivity contribution in [3.05, 3.63) is 48.2 Å². The standard InChI is InChI=1S/C20H22N6O/c1-4-5-18(27)16-6-12(2)15(10-22-16)14-7-13-9-23-19(21-3)8-17(13)26-20(14)24-11-25-26/h6-11,18,27H,4-5H2,1-3H3,(H,21,23). The Balaban J connectivity index is 1.89. The number of aliphatic hydroxyl groups is 1. The summed E-state index contributed by atoms with van der Waals surface area (Å²) in [4.78, 5) is 13.4. The molecule has 1 atom stereocenters. The first-order valence-corrected chi connectivity index (χ1v) is 9.07. The smallest absolute Gasteiger partial charge is 0.163 e. The number of aryl methyl sites for hydroxylation is 1. The van der Waals surface area contributed by atoms with Gasteiger partial charge in [-0.15, -0.1) is 0 Å². The Labute approximate surface area is 157 Å². The number of aliphatic hydroxyl groups excluding tert-OH is 1. The van der Waals surface area contributed by atoms with Gasteiger partial charge in [0.25, 0.3) is 0 Å². The number of fused-ring (bicyclic) bond motifs is 3. The molecule has 0 aliphatic heterocycles. The SMILES string of the molecule is CCCC(O)c1cc(C)c(-c2cc3cnc(NC)cc3n3ncnc23)cn1. The van der Waals surface area contributed by atoms with Crippen molar-refractivity contribution in [2.45, 2.75) is 32.8 Å². The molecular weight excluding hydrogens is 340 g/mol. The minimum atomic E-state index is -0.531. The molecule has 7 heteroatoms. The largest absolute Gasteiger partial charge is 0.387 e. The third kappa shape index (κ3) is 3.00. The van der Waals surface area contributed by atoms with Gasteiger partial charge >= 0.3 is 0 Å². The van der Waals surface area contributed by atoms with Gasteiger partial charge in [0.15, 0.2) is 5.65 Å². The topological polar surface area (TPSA) is 88.2 Å². The summed E-state index contributed by atoms with van der Waals surface area (Å²) in [5.74, 6) is 0.777. The summed E-state index contributed by atoms with van der Waals surface area (Å²) in [6.45, 7) is 4.08. The first-order valence-electron chi connectivity index (χ1n) is 9.07. The maximum atomic E-state index is 10.2. The van der Waals surface area contributed by atoms with Gasteiger partial charge in [-0.2, -0.15) is 5.10 Å². The van der Waals surface area contributed by atoms with Crippen LogP contribution in [0.25, 0.3) is 27.7 Å². The highest BCUT2D eigenvalue weighted by Crippen LogP contribution is 2.31. The minimum absolute atomic E-state index is 0.531. The van der Waals surface area contributed by atoms with Crippen LogP contribution in [-0.4, -0.2) is 36.7 Å². The Kier molecular flexibility index (Phi) is 4.45. The Morgan fingerprint density at radius 1 is 1.11 bits per heavy atom. The molecule has 2 N–H and O–H groups in total. The molecule has 0 spiro atoms. The number of aromatic nitrogens is 5. The van der Waals surface area contributed by atoms with Crippen molar-refractivity contribution < 1.29 is 5.11 Å². The van der Waals surface area contributed by atoms with E-state index in [0.717, 1.165) is 45.5 Å². The van der Waals surface area contributed by atoms with Crippen LogP contribution in [0, 0.1) is 6.92 Å². The lowest BCUT2D eigenvalue weighted by Crippen LogP contribution is -2.02. The second-order valence-electron chi connectivity index (χ2n) is 6.66. The van der Waals surface area contributed by atoms with Crippen LogP contribution in [0.3, 0.4) is 0 Å². The van der Waals surface area contributed by atoms with Crippen LogP contribution < -0.4 is 5.32 Å². The number of pyridine rings is 3. The molecule has 0 amide bonds. The van der Waals surface area contributed by atoms with Crippen molar-refractivity contribution in [2.24, 2.45) is 0 Å². The average Bonchev–Trinajstić information content (AvgIpc) is 3.17. The highest BCUT2D eigenvalue weighted by molar-refractivity contribution is 5.92. The molecule has 0 aliphatic rings. The highest BCUT2D eigenvalue weighted by Gasteiger charge is 2.16. The first-order chi connectivity index (χ1) is 13.1. The summed E-state index contributed by atoms with van der Waals surface area (Å²) in [7, 11) is 1.84. The van der Waals surface area contributed by atoms with E-state index in [4.69, 9.17) is 0 Å². The summed E-state index contributed by atoms with van der Waals surface area (Å²) in [5, 5.41) is 18.7. The fourth-order valence-corrected chi connectivity index (χ4v) is 3.37. The molecule has 0 saturated carbocycles. The fraction of sp³-hybridized carbons (Fsp3) is 0.300. The maximum Gasteiger partial charge on any atom is 0.163 e. The molecule has 0 fully saturated rings. The van der Waals surface area contributed by atoms with Gasteiger partial charge in [-0.25, -0.2) is 14.5 Å². The van der Waals surface area contributed by atoms with E-state index >= 15 is 0 Å². The molecule has 4 aromatic heterocycles. The van der Waals surface area contributed by atoms with Crippen molar-refractivity contribution in [3.63, 3.8) is 0 Å². The maximum absolute atomic E-state index is 10.2. The van der Waals surface area contributed by atoms with Gasteiger partial charge in [0.2, 0.25) is 0 Å². The molecule has 0 bridgehead atoms. The monoisotopic (exact) mass is 362 g/mol. The quantitative estimate of drug-likeness (QED) is 0.565. The summed E-state index contributed by atoms with van der Waals surface area (Å²) >= 11 is 0. The summed E-state index contributed by atoms with van der Waals surface area (Å²) in [6.07, 6.45) is 6.28. The van der Waals surface area contributed by atoms with Crippen molar-refractivity contribution in [1.29, 1.82) is 0 Å². The zero-order valence-corrected chi connectivity index (χ0v) is 15.6. The van der Waals surface area contributed by atoms with Crippen LogP contribution in [0.5, 0.6) is 0 Å². The van der Waals surface area contributed by atoms with E-state index in [0.29, 0.717) is 12.1 Å². The Bertz CT molecular complexity index is 1120. The second-order valence-corrected chi connectivity index (χ2v) is 6.66. The molecule has 4 heterocycles. The van der Waals surface area contributed by atoms with E-state index in [-0.39, 0.29) is 0 Å². The molecule has 138 valence electrons. The van der Waals surface area contributed by atoms with E-state index < -0.39 is 6.10 Å². The molecule has 4 aromatic rings. The molecule has 1 unspecified atom stereocenters. The Morgan fingerprint density at radius 2 is 1.96 bits per heavy atom. The average molecular weight is 362 g/mol. The highest BCUT2D eigenvalue weighted by atomic mass is 16.3. The molecule has 0 aliphatic carbocycles. The zero-order chi connectivity index (χ0) is 19.0. The van der Waals surface area contributed by atoms with Crippen LogP contribution in [-0.2, 0) is 0 Å². The second kappa shape index (κ2) is 6.92. The predicted molar refractivity (Wildman–Crippen MR) is 106 cm³/mol. The van der Waals surface area contributed by atoms with Gasteiger partial charge < -0.3 is 10.4 Å². The lowest BCUT2D eigenvalue weighted by molar-refractivity contribution is 0.161. The first kappa shape index (κ1) is 17.4. The predicted octanol–water partition coefficient (Wildman–Crippen LogP) is 3.52. The van der Waals surface area contributed by atoms with Gasteiger partial charge in [0.05, 0.1) is 17.3 Å². The van der Waals surface area contributed by atoms with Crippen molar-refractivity contribution in [3.8, 4) is 11.1 Å². The summed E-state index contributed by atoms with van der Waals surface area (Å²) in [6, 6.07) is 5.98. The Hall–Kier alpha value is -3.06. The van der Waals surface area contributed by atoms with E-state index in [1.165, 1.54) is 0 Å². The zero-order valence-electron chi connectivity index (χ0n) is 15.6. The van der Waals surface area contributed by atoms with Gasteiger partial charge in [-0.1, -0.05) is 13.3 Å². The number of nitrogens with zero attached hydrogens (tertiary/aromatic N) is 5. The van der Waals surface area contributed by atoms with E-state index in [1.54, 1.807) is 6.33 Å². The van der Waals surface area contributed by atoms with Gasteiger partial charge in [-0.05, 0) is 31.0 Å². The molecule has 7 nitrogen and oxygen atoms in total. The number of hydrogen-bond acceptors (Lipinski definition) is 6. The van der Waals surface area contributed by atoms with Crippen LogP contribution in [0.15, 0.2) is 36.9 Å². The molecule has 27 heavy (non-hydrogen) atoms. The van der Waals surface area contributed by atoms with E-state index in [2.05, 4.69) is 38.4 Å². The lowest BCUT2D eigenvalue weighted by Gasteiger charge is -2.13. The van der Waals surface area contributed by atoms with E-state index in [9.17, 15) is 5.11 Å². The van der Waals surface area contributed by atoms with E-state index in [1.807, 2.05) is 43.0 Å². The van der Waals surface area contributed by atoms with Crippen LogP contribution in [0.4, 0.5) is 5.82 Å². The minimum Gasteiger partial charge on any atom is -0.387 e. The number of anilines is 1. The fourth-order valence-electron chi connectivity index (χ4n) is 3.37. The van der Waals surface area contributed by atoms with Gasteiger partial charge in [-0.3, -0.25) is 4.98 Å². The third-order valence-electron chi connectivity index (χ3n) is 4.81. The Morgan fingerprint density at radius 3 is 2.70 bits per heavy atom. The third-order valence-corrected chi connectivity index (χ3v) is 4.81. The van der Waals surface area contributed by atoms with Crippen molar-refractivity contribution in [2.75, 3.05) is 12.4 Å². The molecule has 4 rings (SSSR count). The van der Waals surface area contributed by atoms with Crippen LogP contribution >= 0.6 is 0 Å². The van der Waals surface area contributed by atoms with Gasteiger partial charge in [0, 0.05) is 42.0 Å². The van der Waals surface area contributed by atoms with Crippen LogP contribution in [0.2, 0.25) is 0 Å². The molecular formula is C20H22N6O. The normalized spacial score (nSPS) is 12.6. The summed E-state index contributed by atoms with van der Waals surface area (Å²) < 4.78 is 1.83. The summed E-state index contributed by atoms with van der Waals surface area (Å²) in [5.41, 5.74) is 5.37. The number of hydrogen-bond donors (Lipinski definition) is 2. The van der Waals surface area contributed by atoms with Gasteiger partial charge in [0.1, 0.15) is 12.1 Å². The molecule has 0 saturated heterocycles. The molecule has 0 radical (unpaired) electrons. The number of nitrogens with one attached hydrogen (secondary N) is 1. The van der Waals surface area contributed by atoms with Crippen LogP contribution in [0.1, 0.15) is 37.1 Å². The van der Waals surface area contributed by atoms with Crippen molar-refractivity contribution in [1.82, 2.24) is 24.6 Å². The number of rotatable bonds is 5. The lowest BCUT2D eigenvalue weighted by atomic mass is 10.00.